The molecule has 0 fully saturated rings. The zero-order valence-electron chi connectivity index (χ0n) is 16.1. The van der Waals surface area contributed by atoms with Crippen LogP contribution in [0.1, 0.15) is 47.8 Å². The first-order valence-electron chi connectivity index (χ1n) is 9.82. The lowest BCUT2D eigenvalue weighted by Gasteiger charge is -2.25. The smallest absolute Gasteiger partial charge is 0.306 e. The summed E-state index contributed by atoms with van der Waals surface area (Å²) in [6, 6.07) is 16.3. The quantitative estimate of drug-likeness (QED) is 0.586. The third kappa shape index (κ3) is 4.30. The van der Waals surface area contributed by atoms with Crippen molar-refractivity contribution in [2.24, 2.45) is 0 Å². The van der Waals surface area contributed by atoms with Gasteiger partial charge in [-0.1, -0.05) is 42.0 Å². The fraction of sp³-hybridized carbons (Fsp3) is 0.348. The molecule has 2 aromatic carbocycles. The van der Waals surface area contributed by atoms with E-state index in [4.69, 9.17) is 9.15 Å². The standard InChI is InChI=1S/C23H24N2O3/c1-16-9-11-18(12-10-16)23-25-24-21(28-23)13-14-22(26)27-15-19-7-4-6-17-5-2-3-8-20(17)19/h2-3,5,8-12,19H,4,6-7,13-15H2,1H3. The van der Waals surface area contributed by atoms with Crippen molar-refractivity contribution in [2.45, 2.75) is 44.9 Å². The highest BCUT2D eigenvalue weighted by Gasteiger charge is 2.21. The fourth-order valence-corrected chi connectivity index (χ4v) is 3.67. The Labute approximate surface area is 164 Å². The molecular weight excluding hydrogens is 352 g/mol. The predicted octanol–water partition coefficient (Wildman–Crippen LogP) is 4.64. The van der Waals surface area contributed by atoms with Gasteiger partial charge in [-0.15, -0.1) is 10.2 Å². The number of hydrogen-bond donors (Lipinski definition) is 0. The van der Waals surface area contributed by atoms with E-state index in [-0.39, 0.29) is 12.4 Å². The third-order valence-electron chi connectivity index (χ3n) is 5.25. The van der Waals surface area contributed by atoms with Crippen LogP contribution in [0.3, 0.4) is 0 Å². The second-order valence-corrected chi connectivity index (χ2v) is 7.34. The first kappa shape index (κ1) is 18.4. The van der Waals surface area contributed by atoms with Gasteiger partial charge in [0.25, 0.3) is 0 Å². The third-order valence-corrected chi connectivity index (χ3v) is 5.25. The van der Waals surface area contributed by atoms with Gasteiger partial charge in [-0.05, 0) is 49.4 Å². The van der Waals surface area contributed by atoms with Crippen molar-refractivity contribution in [3.05, 3.63) is 71.1 Å². The summed E-state index contributed by atoms with van der Waals surface area (Å²) in [5, 5.41) is 8.11. The zero-order valence-corrected chi connectivity index (χ0v) is 16.1. The zero-order chi connectivity index (χ0) is 19.3. The summed E-state index contributed by atoms with van der Waals surface area (Å²) in [6.07, 6.45) is 3.95. The number of rotatable bonds is 6. The molecule has 1 aliphatic carbocycles. The van der Waals surface area contributed by atoms with Crippen molar-refractivity contribution < 1.29 is 13.9 Å². The van der Waals surface area contributed by atoms with Gasteiger partial charge in [0.05, 0.1) is 13.0 Å². The van der Waals surface area contributed by atoms with Gasteiger partial charge < -0.3 is 9.15 Å². The number of carbonyl (C=O) groups is 1. The Balaban J connectivity index is 1.28. The molecule has 1 atom stereocenters. The van der Waals surface area contributed by atoms with Crippen LogP contribution in [0.4, 0.5) is 0 Å². The monoisotopic (exact) mass is 376 g/mol. The van der Waals surface area contributed by atoms with Crippen LogP contribution in [-0.2, 0) is 22.4 Å². The Morgan fingerprint density at radius 2 is 1.96 bits per heavy atom. The number of esters is 1. The summed E-state index contributed by atoms with van der Waals surface area (Å²) < 4.78 is 11.2. The molecule has 1 heterocycles. The van der Waals surface area contributed by atoms with Gasteiger partial charge in [-0.2, -0.15) is 0 Å². The molecule has 0 saturated heterocycles. The summed E-state index contributed by atoms with van der Waals surface area (Å²) in [6.45, 7) is 2.47. The number of carbonyl (C=O) groups excluding carboxylic acids is 1. The Kier molecular flexibility index (Phi) is 5.51. The Morgan fingerprint density at radius 3 is 2.82 bits per heavy atom. The average molecular weight is 376 g/mol. The maximum absolute atomic E-state index is 12.2. The number of ether oxygens (including phenoxy) is 1. The molecule has 3 aromatic rings. The molecule has 5 nitrogen and oxygen atoms in total. The lowest BCUT2D eigenvalue weighted by molar-refractivity contribution is -0.144. The van der Waals surface area contributed by atoms with E-state index < -0.39 is 0 Å². The van der Waals surface area contributed by atoms with E-state index in [1.54, 1.807) is 0 Å². The van der Waals surface area contributed by atoms with Crippen LogP contribution in [-0.4, -0.2) is 22.8 Å². The lowest BCUT2D eigenvalue weighted by atomic mass is 9.83. The number of nitrogens with zero attached hydrogens (tertiary/aromatic N) is 2. The van der Waals surface area contributed by atoms with Crippen LogP contribution < -0.4 is 0 Å². The first-order chi connectivity index (χ1) is 13.7. The van der Waals surface area contributed by atoms with Gasteiger partial charge in [0, 0.05) is 17.9 Å². The van der Waals surface area contributed by atoms with Crippen LogP contribution in [0.25, 0.3) is 11.5 Å². The second kappa shape index (κ2) is 8.38. The summed E-state index contributed by atoms with van der Waals surface area (Å²) in [5.74, 6) is 1.00. The van der Waals surface area contributed by atoms with Gasteiger partial charge in [0.2, 0.25) is 11.8 Å². The number of benzene rings is 2. The minimum atomic E-state index is -0.224. The van der Waals surface area contributed by atoms with Crippen molar-refractivity contribution in [2.75, 3.05) is 6.61 Å². The minimum Gasteiger partial charge on any atom is -0.465 e. The summed E-state index contributed by atoms with van der Waals surface area (Å²) in [7, 11) is 0. The van der Waals surface area contributed by atoms with Crippen molar-refractivity contribution in [1.82, 2.24) is 10.2 Å². The number of hydrogen-bond acceptors (Lipinski definition) is 5. The summed E-state index contributed by atoms with van der Waals surface area (Å²) in [5.41, 5.74) is 4.75. The van der Waals surface area contributed by atoms with Crippen LogP contribution in [0, 0.1) is 6.92 Å². The summed E-state index contributed by atoms with van der Waals surface area (Å²) in [4.78, 5) is 12.2. The van der Waals surface area contributed by atoms with Crippen LogP contribution in [0.2, 0.25) is 0 Å². The van der Waals surface area contributed by atoms with E-state index in [2.05, 4.69) is 34.5 Å². The Hall–Kier alpha value is -2.95. The van der Waals surface area contributed by atoms with E-state index >= 15 is 0 Å². The van der Waals surface area contributed by atoms with Crippen molar-refractivity contribution in [3.8, 4) is 11.5 Å². The Morgan fingerprint density at radius 1 is 1.14 bits per heavy atom. The molecule has 5 heteroatoms. The van der Waals surface area contributed by atoms with Gasteiger partial charge in [0.15, 0.2) is 0 Å². The first-order valence-corrected chi connectivity index (χ1v) is 9.82. The molecular formula is C23H24N2O3. The molecule has 4 rings (SSSR count). The molecule has 1 unspecified atom stereocenters. The largest absolute Gasteiger partial charge is 0.465 e. The molecule has 0 radical (unpaired) electrons. The lowest BCUT2D eigenvalue weighted by Crippen LogP contribution is -2.17. The molecule has 1 aliphatic rings. The van der Waals surface area contributed by atoms with Crippen molar-refractivity contribution in [3.63, 3.8) is 0 Å². The molecule has 0 spiro atoms. The number of aryl methyl sites for hydroxylation is 3. The topological polar surface area (TPSA) is 65.2 Å². The minimum absolute atomic E-state index is 0.224. The maximum Gasteiger partial charge on any atom is 0.306 e. The molecule has 0 saturated carbocycles. The van der Waals surface area contributed by atoms with Gasteiger partial charge in [0.1, 0.15) is 0 Å². The van der Waals surface area contributed by atoms with Crippen LogP contribution in [0.5, 0.6) is 0 Å². The molecule has 28 heavy (non-hydrogen) atoms. The summed E-state index contributed by atoms with van der Waals surface area (Å²) >= 11 is 0. The second-order valence-electron chi connectivity index (χ2n) is 7.34. The molecule has 144 valence electrons. The van der Waals surface area contributed by atoms with E-state index in [0.29, 0.717) is 30.7 Å². The number of aromatic nitrogens is 2. The SMILES string of the molecule is Cc1ccc(-c2nnc(CCC(=O)OCC3CCCc4ccccc43)o2)cc1. The van der Waals surface area contributed by atoms with Gasteiger partial charge >= 0.3 is 5.97 Å². The normalized spacial score (nSPS) is 15.8. The van der Waals surface area contributed by atoms with E-state index in [1.165, 1.54) is 16.7 Å². The van der Waals surface area contributed by atoms with E-state index in [1.807, 2.05) is 31.2 Å². The molecule has 0 N–H and O–H groups in total. The molecule has 0 aliphatic heterocycles. The average Bonchev–Trinajstić information content (AvgIpc) is 3.20. The highest BCUT2D eigenvalue weighted by Crippen LogP contribution is 2.31. The Bertz CT molecular complexity index is 946. The van der Waals surface area contributed by atoms with Crippen molar-refractivity contribution in [1.29, 1.82) is 0 Å². The predicted molar refractivity (Wildman–Crippen MR) is 106 cm³/mol. The van der Waals surface area contributed by atoms with Crippen LogP contribution in [0.15, 0.2) is 52.9 Å². The van der Waals surface area contributed by atoms with Gasteiger partial charge in [-0.3, -0.25) is 4.79 Å². The van der Waals surface area contributed by atoms with E-state index in [0.717, 1.165) is 24.8 Å². The number of fused-ring (bicyclic) bond motifs is 1. The van der Waals surface area contributed by atoms with Crippen molar-refractivity contribution >= 4 is 5.97 Å². The highest BCUT2D eigenvalue weighted by atomic mass is 16.5. The fourth-order valence-electron chi connectivity index (χ4n) is 3.67. The van der Waals surface area contributed by atoms with Gasteiger partial charge in [-0.25, -0.2) is 0 Å². The highest BCUT2D eigenvalue weighted by molar-refractivity contribution is 5.69. The molecule has 1 aromatic heterocycles. The van der Waals surface area contributed by atoms with E-state index in [9.17, 15) is 4.79 Å². The maximum atomic E-state index is 12.2. The molecule has 0 amide bonds. The molecule has 0 bridgehead atoms. The van der Waals surface area contributed by atoms with Crippen LogP contribution >= 0.6 is 0 Å².